The summed E-state index contributed by atoms with van der Waals surface area (Å²) < 4.78 is 11.7. The lowest BCUT2D eigenvalue weighted by Crippen LogP contribution is -2.25. The monoisotopic (exact) mass is 307 g/mol. The second-order valence-corrected chi connectivity index (χ2v) is 5.11. The average Bonchev–Trinajstić information content (AvgIpc) is 2.69. The first-order valence-electron chi connectivity index (χ1n) is 5.32. The van der Waals surface area contributed by atoms with Crippen LogP contribution in [0, 0.1) is 0 Å². The van der Waals surface area contributed by atoms with Crippen LogP contribution in [-0.4, -0.2) is 33.5 Å². The van der Waals surface area contributed by atoms with Crippen molar-refractivity contribution in [1.82, 2.24) is 5.32 Å². The van der Waals surface area contributed by atoms with Crippen LogP contribution >= 0.6 is 27.3 Å². The van der Waals surface area contributed by atoms with E-state index in [1.807, 2.05) is 0 Å². The minimum absolute atomic E-state index is 0.260. The van der Waals surface area contributed by atoms with Gasteiger partial charge >= 0.3 is 0 Å². The smallest absolute Gasteiger partial charge is 0.0701 e. The number of likely N-dealkylation sites (N-methyl/N-ethyl adjacent to an activating group) is 1. The van der Waals surface area contributed by atoms with E-state index in [1.165, 1.54) is 4.88 Å². The molecule has 0 aliphatic carbocycles. The van der Waals surface area contributed by atoms with Gasteiger partial charge in [0.15, 0.2) is 0 Å². The van der Waals surface area contributed by atoms with Crippen molar-refractivity contribution in [2.75, 3.05) is 33.5 Å². The van der Waals surface area contributed by atoms with Gasteiger partial charge in [0.05, 0.1) is 25.9 Å². The molecule has 1 rings (SSSR count). The van der Waals surface area contributed by atoms with Crippen LogP contribution in [0.2, 0.25) is 0 Å². The number of rotatable bonds is 8. The zero-order valence-electron chi connectivity index (χ0n) is 9.66. The molecule has 0 aliphatic heterocycles. The fraction of sp³-hybridized carbons (Fsp3) is 0.636. The van der Waals surface area contributed by atoms with Crippen molar-refractivity contribution >= 4 is 27.3 Å². The first-order chi connectivity index (χ1) is 7.79. The molecule has 0 spiro atoms. The topological polar surface area (TPSA) is 30.5 Å². The molecule has 1 aromatic rings. The summed E-state index contributed by atoms with van der Waals surface area (Å²) in [7, 11) is 1.68. The number of halogens is 1. The molecule has 5 heteroatoms. The summed E-state index contributed by atoms with van der Waals surface area (Å²) in [5.74, 6) is 0. The Hall–Kier alpha value is 0.0600. The molecule has 0 bridgehead atoms. The van der Waals surface area contributed by atoms with Crippen molar-refractivity contribution in [1.29, 1.82) is 0 Å². The molecule has 1 unspecified atom stereocenters. The van der Waals surface area contributed by atoms with Crippen LogP contribution in [0.15, 0.2) is 15.9 Å². The SMILES string of the molecule is CCNC(COCCOC)c1sccc1Br. The summed E-state index contributed by atoms with van der Waals surface area (Å²) in [4.78, 5) is 1.29. The molecule has 1 aromatic heterocycles. The van der Waals surface area contributed by atoms with Gasteiger partial charge in [0.25, 0.3) is 0 Å². The molecule has 16 heavy (non-hydrogen) atoms. The molecule has 0 fully saturated rings. The van der Waals surface area contributed by atoms with Gasteiger partial charge in [-0.1, -0.05) is 6.92 Å². The van der Waals surface area contributed by atoms with Crippen LogP contribution in [-0.2, 0) is 9.47 Å². The third-order valence-electron chi connectivity index (χ3n) is 2.13. The molecule has 0 saturated heterocycles. The molecule has 92 valence electrons. The summed E-state index contributed by atoms with van der Waals surface area (Å²) in [6, 6.07) is 2.33. The molecule has 1 N–H and O–H groups in total. The predicted molar refractivity (Wildman–Crippen MR) is 71.1 cm³/mol. The zero-order chi connectivity index (χ0) is 11.8. The number of methoxy groups -OCH3 is 1. The third kappa shape index (κ3) is 4.51. The molecule has 0 amide bonds. The van der Waals surface area contributed by atoms with Gasteiger partial charge in [0.2, 0.25) is 0 Å². The van der Waals surface area contributed by atoms with Crippen LogP contribution in [0.5, 0.6) is 0 Å². The maximum Gasteiger partial charge on any atom is 0.0701 e. The van der Waals surface area contributed by atoms with E-state index < -0.39 is 0 Å². The lowest BCUT2D eigenvalue weighted by molar-refractivity contribution is 0.0592. The highest BCUT2D eigenvalue weighted by atomic mass is 79.9. The minimum Gasteiger partial charge on any atom is -0.382 e. The lowest BCUT2D eigenvalue weighted by Gasteiger charge is -2.17. The van der Waals surface area contributed by atoms with Crippen molar-refractivity contribution in [3.8, 4) is 0 Å². The minimum atomic E-state index is 0.260. The van der Waals surface area contributed by atoms with Crippen LogP contribution in [0.1, 0.15) is 17.8 Å². The van der Waals surface area contributed by atoms with Crippen LogP contribution in [0.4, 0.5) is 0 Å². The van der Waals surface area contributed by atoms with Crippen molar-refractivity contribution in [3.05, 3.63) is 20.8 Å². The van der Waals surface area contributed by atoms with Gasteiger partial charge < -0.3 is 14.8 Å². The van der Waals surface area contributed by atoms with Crippen molar-refractivity contribution in [3.63, 3.8) is 0 Å². The standard InChI is InChI=1S/C11H18BrNO2S/c1-3-13-10(8-15-6-5-14-2)11-9(12)4-7-16-11/h4,7,10,13H,3,5-6,8H2,1-2H3. The second kappa shape index (κ2) is 8.20. The summed E-state index contributed by atoms with van der Waals surface area (Å²) >= 11 is 5.29. The van der Waals surface area contributed by atoms with Crippen LogP contribution < -0.4 is 5.32 Å². The fourth-order valence-corrected chi connectivity index (χ4v) is 3.08. The molecule has 3 nitrogen and oxygen atoms in total. The van der Waals surface area contributed by atoms with Gasteiger partial charge in [0.1, 0.15) is 0 Å². The largest absolute Gasteiger partial charge is 0.382 e. The Balaban J connectivity index is 2.45. The number of ether oxygens (including phenoxy) is 2. The number of hydrogen-bond acceptors (Lipinski definition) is 4. The highest BCUT2D eigenvalue weighted by molar-refractivity contribution is 9.10. The van der Waals surface area contributed by atoms with Crippen molar-refractivity contribution in [2.45, 2.75) is 13.0 Å². The van der Waals surface area contributed by atoms with Gasteiger partial charge in [-0.15, -0.1) is 11.3 Å². The summed E-state index contributed by atoms with van der Waals surface area (Å²) in [6.07, 6.45) is 0. The van der Waals surface area contributed by atoms with Crippen LogP contribution in [0.3, 0.4) is 0 Å². The van der Waals surface area contributed by atoms with Gasteiger partial charge in [-0.3, -0.25) is 0 Å². The molecule has 0 saturated carbocycles. The molecular formula is C11H18BrNO2S. The quantitative estimate of drug-likeness (QED) is 0.749. The first-order valence-corrected chi connectivity index (χ1v) is 6.99. The zero-order valence-corrected chi connectivity index (χ0v) is 12.1. The van der Waals surface area contributed by atoms with E-state index >= 15 is 0 Å². The number of thiophene rings is 1. The van der Waals surface area contributed by atoms with Gasteiger partial charge in [-0.2, -0.15) is 0 Å². The Kier molecular flexibility index (Phi) is 7.23. The van der Waals surface area contributed by atoms with Gasteiger partial charge in [-0.05, 0) is 33.9 Å². The Morgan fingerprint density at radius 3 is 2.88 bits per heavy atom. The van der Waals surface area contributed by atoms with Gasteiger partial charge in [0, 0.05) is 16.5 Å². The predicted octanol–water partition coefficient (Wildman–Crippen LogP) is 2.82. The Bertz CT molecular complexity index is 293. The Morgan fingerprint density at radius 1 is 1.50 bits per heavy atom. The van der Waals surface area contributed by atoms with E-state index in [1.54, 1.807) is 18.4 Å². The second-order valence-electron chi connectivity index (χ2n) is 3.31. The van der Waals surface area contributed by atoms with Crippen molar-refractivity contribution in [2.24, 2.45) is 0 Å². The molecule has 0 aromatic carbocycles. The number of hydrogen-bond donors (Lipinski definition) is 1. The van der Waals surface area contributed by atoms with E-state index in [-0.39, 0.29) is 6.04 Å². The lowest BCUT2D eigenvalue weighted by atomic mass is 10.2. The van der Waals surface area contributed by atoms with Crippen molar-refractivity contribution < 1.29 is 9.47 Å². The number of nitrogens with one attached hydrogen (secondary N) is 1. The van der Waals surface area contributed by atoms with E-state index in [2.05, 4.69) is 39.6 Å². The Morgan fingerprint density at radius 2 is 2.31 bits per heavy atom. The Labute approximate surface area is 109 Å². The third-order valence-corrected chi connectivity index (χ3v) is 4.11. The highest BCUT2D eigenvalue weighted by Gasteiger charge is 2.14. The van der Waals surface area contributed by atoms with Crippen LogP contribution in [0.25, 0.3) is 0 Å². The molecule has 1 heterocycles. The maximum absolute atomic E-state index is 5.57. The maximum atomic E-state index is 5.57. The summed E-state index contributed by atoms with van der Waals surface area (Å²) in [5.41, 5.74) is 0. The van der Waals surface area contributed by atoms with E-state index in [0.29, 0.717) is 19.8 Å². The first kappa shape index (κ1) is 14.1. The van der Waals surface area contributed by atoms with E-state index in [4.69, 9.17) is 9.47 Å². The summed E-state index contributed by atoms with van der Waals surface area (Å²) in [5, 5.41) is 5.50. The normalized spacial score (nSPS) is 12.9. The van der Waals surface area contributed by atoms with E-state index in [9.17, 15) is 0 Å². The fourth-order valence-electron chi connectivity index (χ4n) is 1.37. The molecule has 0 aliphatic rings. The van der Waals surface area contributed by atoms with Gasteiger partial charge in [-0.25, -0.2) is 0 Å². The summed E-state index contributed by atoms with van der Waals surface area (Å²) in [6.45, 7) is 4.99. The molecule has 0 radical (unpaired) electrons. The van der Waals surface area contributed by atoms with E-state index in [0.717, 1.165) is 11.0 Å². The molecular weight excluding hydrogens is 290 g/mol. The molecule has 1 atom stereocenters. The average molecular weight is 308 g/mol. The highest BCUT2D eigenvalue weighted by Crippen LogP contribution is 2.29.